The molecule has 0 saturated carbocycles. The Morgan fingerprint density at radius 3 is 3.00 bits per heavy atom. The van der Waals surface area contributed by atoms with Gasteiger partial charge in [0.2, 0.25) is 0 Å². The van der Waals surface area contributed by atoms with E-state index in [9.17, 15) is 0 Å². The van der Waals surface area contributed by atoms with E-state index in [1.165, 1.54) is 0 Å². The van der Waals surface area contributed by atoms with E-state index in [0.29, 0.717) is 18.0 Å². The van der Waals surface area contributed by atoms with Crippen LogP contribution in [0, 0.1) is 11.3 Å². The molecular weight excluding hydrogens is 302 g/mol. The maximum absolute atomic E-state index is 8.69. The lowest BCUT2D eigenvalue weighted by Gasteiger charge is -2.05. The van der Waals surface area contributed by atoms with Gasteiger partial charge in [-0.15, -0.1) is 0 Å². The van der Waals surface area contributed by atoms with Gasteiger partial charge in [-0.25, -0.2) is 4.98 Å². The lowest BCUT2D eigenvalue weighted by Crippen LogP contribution is -2.02. The minimum atomic E-state index is 0.324. The van der Waals surface area contributed by atoms with Crippen molar-refractivity contribution in [1.82, 2.24) is 9.55 Å². The van der Waals surface area contributed by atoms with E-state index >= 15 is 0 Å². The minimum absolute atomic E-state index is 0.324. The first-order chi connectivity index (χ1) is 8.20. The van der Waals surface area contributed by atoms with Crippen LogP contribution in [-0.2, 0) is 13.0 Å². The summed E-state index contributed by atoms with van der Waals surface area (Å²) in [5.41, 5.74) is 1.10. The molecule has 17 heavy (non-hydrogen) atoms. The van der Waals surface area contributed by atoms with Gasteiger partial charge in [0.1, 0.15) is 12.4 Å². The van der Waals surface area contributed by atoms with Crippen LogP contribution in [0.15, 0.2) is 35.1 Å². The van der Waals surface area contributed by atoms with Crippen LogP contribution in [0.4, 0.5) is 0 Å². The van der Waals surface area contributed by atoms with E-state index in [2.05, 4.69) is 27.0 Å². The molecule has 5 heteroatoms. The highest BCUT2D eigenvalue weighted by Crippen LogP contribution is 2.24. The van der Waals surface area contributed by atoms with Crippen molar-refractivity contribution in [2.45, 2.75) is 13.0 Å². The molecule has 0 aliphatic heterocycles. The predicted octanol–water partition coefficient (Wildman–Crippen LogP) is 3.41. The number of benzene rings is 1. The Morgan fingerprint density at radius 2 is 2.29 bits per heavy atom. The van der Waals surface area contributed by atoms with Gasteiger partial charge in [-0.05, 0) is 33.6 Å². The molecule has 0 fully saturated rings. The number of nitrogens with zero attached hydrogens (tertiary/aromatic N) is 3. The molecule has 0 spiro atoms. The van der Waals surface area contributed by atoms with Crippen LogP contribution < -0.4 is 0 Å². The average Bonchev–Trinajstić information content (AvgIpc) is 2.72. The molecule has 86 valence electrons. The fourth-order valence-electron chi connectivity index (χ4n) is 1.56. The summed E-state index contributed by atoms with van der Waals surface area (Å²) in [6.07, 6.45) is 4.20. The Labute approximate surface area is 113 Å². The molecule has 0 aliphatic rings. The van der Waals surface area contributed by atoms with Crippen molar-refractivity contribution in [1.29, 1.82) is 5.26 Å². The molecule has 1 aromatic heterocycles. The molecule has 0 bridgehead atoms. The summed E-state index contributed by atoms with van der Waals surface area (Å²) in [5.74, 6) is 0.876. The second kappa shape index (κ2) is 5.35. The van der Waals surface area contributed by atoms with E-state index in [-0.39, 0.29) is 0 Å². The third-order valence-electron chi connectivity index (χ3n) is 2.39. The molecule has 0 aliphatic carbocycles. The van der Waals surface area contributed by atoms with Crippen LogP contribution in [-0.4, -0.2) is 9.55 Å². The van der Waals surface area contributed by atoms with E-state index in [0.717, 1.165) is 15.9 Å². The smallest absolute Gasteiger partial charge is 0.113 e. The maximum atomic E-state index is 8.69. The predicted molar refractivity (Wildman–Crippen MR) is 69.8 cm³/mol. The summed E-state index contributed by atoms with van der Waals surface area (Å²) in [6, 6.07) is 7.88. The SMILES string of the molecule is N#CCn1ccnc1Cc1ccc(Cl)c(Br)c1. The normalized spacial score (nSPS) is 10.2. The number of nitriles is 1. The van der Waals surface area contributed by atoms with Crippen molar-refractivity contribution in [2.75, 3.05) is 0 Å². The summed E-state index contributed by atoms with van der Waals surface area (Å²) in [4.78, 5) is 4.25. The molecule has 0 unspecified atom stereocenters. The Hall–Kier alpha value is -1.31. The van der Waals surface area contributed by atoms with Crippen molar-refractivity contribution >= 4 is 27.5 Å². The fraction of sp³-hybridized carbons (Fsp3) is 0.167. The first-order valence-electron chi connectivity index (χ1n) is 5.01. The van der Waals surface area contributed by atoms with Gasteiger partial charge in [-0.3, -0.25) is 0 Å². The second-order valence-corrected chi connectivity index (χ2v) is 4.82. The van der Waals surface area contributed by atoms with Crippen molar-refractivity contribution in [3.05, 3.63) is 51.5 Å². The molecule has 2 aromatic rings. The van der Waals surface area contributed by atoms with E-state index in [1.807, 2.05) is 29.0 Å². The first kappa shape index (κ1) is 12.2. The molecule has 2 rings (SSSR count). The molecule has 1 heterocycles. The zero-order valence-electron chi connectivity index (χ0n) is 8.90. The highest BCUT2D eigenvalue weighted by Gasteiger charge is 2.05. The summed E-state index contributed by atoms with van der Waals surface area (Å²) < 4.78 is 2.71. The van der Waals surface area contributed by atoms with Gasteiger partial charge in [-0.2, -0.15) is 5.26 Å². The van der Waals surface area contributed by atoms with Crippen molar-refractivity contribution < 1.29 is 0 Å². The molecular formula is C12H9BrClN3. The summed E-state index contributed by atoms with van der Waals surface area (Å²) >= 11 is 9.32. The standard InChI is InChI=1S/C12H9BrClN3/c13-10-7-9(1-2-11(10)14)8-12-16-4-6-17(12)5-3-15/h1-2,4,6-7H,5,8H2. The number of hydrogen-bond acceptors (Lipinski definition) is 2. The molecule has 0 amide bonds. The number of imidazole rings is 1. The van der Waals surface area contributed by atoms with Crippen LogP contribution in [0.1, 0.15) is 11.4 Å². The molecule has 0 saturated heterocycles. The number of halogens is 2. The summed E-state index contributed by atoms with van der Waals surface area (Å²) in [7, 11) is 0. The lowest BCUT2D eigenvalue weighted by molar-refractivity contribution is 0.764. The average molecular weight is 311 g/mol. The Bertz CT molecular complexity index is 571. The van der Waals surface area contributed by atoms with Crippen LogP contribution in [0.5, 0.6) is 0 Å². The molecule has 3 nitrogen and oxygen atoms in total. The van der Waals surface area contributed by atoms with Crippen molar-refractivity contribution in [3.8, 4) is 6.07 Å². The maximum Gasteiger partial charge on any atom is 0.113 e. The third kappa shape index (κ3) is 2.87. The van der Waals surface area contributed by atoms with Crippen LogP contribution in [0.2, 0.25) is 5.02 Å². The van der Waals surface area contributed by atoms with E-state index < -0.39 is 0 Å². The Morgan fingerprint density at radius 1 is 1.47 bits per heavy atom. The summed E-state index contributed by atoms with van der Waals surface area (Å²) in [6.45, 7) is 0.324. The van der Waals surface area contributed by atoms with Crippen LogP contribution >= 0.6 is 27.5 Å². The second-order valence-electron chi connectivity index (χ2n) is 3.55. The van der Waals surface area contributed by atoms with Gasteiger partial charge in [0.05, 0.1) is 11.1 Å². The van der Waals surface area contributed by atoms with E-state index in [1.54, 1.807) is 6.20 Å². The van der Waals surface area contributed by atoms with Gasteiger partial charge in [0, 0.05) is 23.3 Å². The Balaban J connectivity index is 2.23. The highest BCUT2D eigenvalue weighted by molar-refractivity contribution is 9.10. The van der Waals surface area contributed by atoms with Gasteiger partial charge in [0.15, 0.2) is 0 Å². The van der Waals surface area contributed by atoms with Crippen LogP contribution in [0.3, 0.4) is 0 Å². The quantitative estimate of drug-likeness (QED) is 0.871. The summed E-state index contributed by atoms with van der Waals surface area (Å²) in [5, 5.41) is 9.37. The monoisotopic (exact) mass is 309 g/mol. The third-order valence-corrected chi connectivity index (χ3v) is 3.60. The zero-order valence-corrected chi connectivity index (χ0v) is 11.2. The lowest BCUT2D eigenvalue weighted by atomic mass is 10.1. The van der Waals surface area contributed by atoms with Crippen molar-refractivity contribution in [2.24, 2.45) is 0 Å². The topological polar surface area (TPSA) is 41.6 Å². The molecule has 1 aromatic carbocycles. The number of aromatic nitrogens is 2. The van der Waals surface area contributed by atoms with E-state index in [4.69, 9.17) is 16.9 Å². The largest absolute Gasteiger partial charge is 0.321 e. The Kier molecular flexibility index (Phi) is 3.82. The van der Waals surface area contributed by atoms with Gasteiger partial charge >= 0.3 is 0 Å². The van der Waals surface area contributed by atoms with Crippen molar-refractivity contribution in [3.63, 3.8) is 0 Å². The zero-order chi connectivity index (χ0) is 12.3. The molecule has 0 atom stereocenters. The number of rotatable bonds is 3. The minimum Gasteiger partial charge on any atom is -0.321 e. The molecule has 0 radical (unpaired) electrons. The van der Waals surface area contributed by atoms with Gasteiger partial charge in [0.25, 0.3) is 0 Å². The number of hydrogen-bond donors (Lipinski definition) is 0. The van der Waals surface area contributed by atoms with Crippen LogP contribution in [0.25, 0.3) is 0 Å². The first-order valence-corrected chi connectivity index (χ1v) is 6.18. The highest BCUT2D eigenvalue weighted by atomic mass is 79.9. The molecule has 0 N–H and O–H groups in total. The fourth-order valence-corrected chi connectivity index (χ4v) is 2.10. The van der Waals surface area contributed by atoms with Gasteiger partial charge < -0.3 is 4.57 Å². The van der Waals surface area contributed by atoms with Gasteiger partial charge in [-0.1, -0.05) is 17.7 Å².